The van der Waals surface area contributed by atoms with E-state index in [4.69, 9.17) is 0 Å². The lowest BCUT2D eigenvalue weighted by Crippen LogP contribution is -2.19. The van der Waals surface area contributed by atoms with Gasteiger partial charge in [0, 0.05) is 25.7 Å². The molecule has 1 N–H and O–H groups in total. The van der Waals surface area contributed by atoms with Crippen LogP contribution < -0.4 is 10.3 Å². The van der Waals surface area contributed by atoms with E-state index in [0.717, 1.165) is 0 Å². The van der Waals surface area contributed by atoms with Gasteiger partial charge in [0.25, 0.3) is 11.6 Å². The van der Waals surface area contributed by atoms with Crippen molar-refractivity contribution in [1.82, 2.24) is 5.43 Å². The fourth-order valence-corrected chi connectivity index (χ4v) is 2.02. The molecule has 0 saturated heterocycles. The lowest BCUT2D eigenvalue weighted by molar-refractivity contribution is -0.384. The molecular weight excluding hydrogens is 315 g/mol. The fraction of sp³-hybridized carbons (Fsp3) is 0.125. The number of hydrogen-bond donors (Lipinski definition) is 1. The summed E-state index contributed by atoms with van der Waals surface area (Å²) in [5.74, 6) is -1.36. The minimum atomic E-state index is -0.705. The molecule has 0 aromatic heterocycles. The minimum absolute atomic E-state index is 0.0793. The second kappa shape index (κ2) is 7.32. The zero-order valence-electron chi connectivity index (χ0n) is 13.1. The van der Waals surface area contributed by atoms with Crippen molar-refractivity contribution >= 4 is 23.5 Å². The number of carbonyl (C=O) groups is 1. The first kappa shape index (κ1) is 17.1. The van der Waals surface area contributed by atoms with Gasteiger partial charge < -0.3 is 4.90 Å². The topological polar surface area (TPSA) is 87.8 Å². The highest BCUT2D eigenvalue weighted by Crippen LogP contribution is 2.27. The van der Waals surface area contributed by atoms with Crippen molar-refractivity contribution in [1.29, 1.82) is 0 Å². The van der Waals surface area contributed by atoms with Crippen LogP contribution in [0.4, 0.5) is 15.8 Å². The molecule has 0 heterocycles. The van der Waals surface area contributed by atoms with Crippen LogP contribution in [0.3, 0.4) is 0 Å². The summed E-state index contributed by atoms with van der Waals surface area (Å²) in [6, 6.07) is 10.1. The number of nitro benzene ring substituents is 1. The summed E-state index contributed by atoms with van der Waals surface area (Å²) in [5.41, 5.74) is 2.85. The molecule has 0 radical (unpaired) electrons. The van der Waals surface area contributed by atoms with Crippen LogP contribution in [0.5, 0.6) is 0 Å². The number of nitrogens with one attached hydrogen (secondary N) is 1. The summed E-state index contributed by atoms with van der Waals surface area (Å²) < 4.78 is 13.5. The molecule has 24 heavy (non-hydrogen) atoms. The van der Waals surface area contributed by atoms with Crippen molar-refractivity contribution in [2.45, 2.75) is 0 Å². The van der Waals surface area contributed by atoms with E-state index in [-0.39, 0.29) is 11.3 Å². The molecule has 2 aromatic carbocycles. The van der Waals surface area contributed by atoms with E-state index < -0.39 is 16.6 Å². The van der Waals surface area contributed by atoms with Crippen molar-refractivity contribution in [3.05, 3.63) is 69.5 Å². The van der Waals surface area contributed by atoms with Gasteiger partial charge in [-0.3, -0.25) is 14.9 Å². The monoisotopic (exact) mass is 330 g/mol. The average molecular weight is 330 g/mol. The first-order chi connectivity index (χ1) is 11.4. The third-order valence-corrected chi connectivity index (χ3v) is 3.18. The van der Waals surface area contributed by atoms with Gasteiger partial charge in [-0.15, -0.1) is 0 Å². The van der Waals surface area contributed by atoms with Gasteiger partial charge in [0.05, 0.1) is 16.7 Å². The van der Waals surface area contributed by atoms with Crippen LogP contribution >= 0.6 is 0 Å². The molecule has 1 amide bonds. The molecule has 0 unspecified atom stereocenters. The summed E-state index contributed by atoms with van der Waals surface area (Å²) in [7, 11) is 3.40. The summed E-state index contributed by atoms with van der Waals surface area (Å²) in [5, 5.41) is 14.8. The lowest BCUT2D eigenvalue weighted by Gasteiger charge is -2.12. The summed E-state index contributed by atoms with van der Waals surface area (Å²) in [6.07, 6.45) is 1.26. The van der Waals surface area contributed by atoms with Crippen LogP contribution in [0, 0.1) is 15.9 Å². The van der Waals surface area contributed by atoms with Gasteiger partial charge in [-0.25, -0.2) is 9.82 Å². The van der Waals surface area contributed by atoms with E-state index in [1.54, 1.807) is 31.1 Å². The number of anilines is 1. The Morgan fingerprint density at radius 2 is 2.00 bits per heavy atom. The van der Waals surface area contributed by atoms with Crippen LogP contribution in [-0.4, -0.2) is 31.1 Å². The van der Waals surface area contributed by atoms with E-state index in [2.05, 4.69) is 10.5 Å². The molecule has 7 nitrogen and oxygen atoms in total. The summed E-state index contributed by atoms with van der Waals surface area (Å²) >= 11 is 0. The molecule has 0 spiro atoms. The Hall–Kier alpha value is -3.29. The number of carbonyl (C=O) groups excluding carboxylic acids is 1. The van der Waals surface area contributed by atoms with Crippen molar-refractivity contribution in [2.24, 2.45) is 5.10 Å². The van der Waals surface area contributed by atoms with Gasteiger partial charge in [-0.1, -0.05) is 18.2 Å². The van der Waals surface area contributed by atoms with E-state index in [1.165, 1.54) is 36.5 Å². The molecule has 8 heteroatoms. The quantitative estimate of drug-likeness (QED) is 0.518. The van der Waals surface area contributed by atoms with E-state index in [9.17, 15) is 19.3 Å². The van der Waals surface area contributed by atoms with Gasteiger partial charge in [-0.2, -0.15) is 5.10 Å². The van der Waals surface area contributed by atoms with Crippen LogP contribution in [-0.2, 0) is 0 Å². The number of amides is 1. The molecule has 0 aliphatic heterocycles. The van der Waals surface area contributed by atoms with Crippen molar-refractivity contribution < 1.29 is 14.1 Å². The average Bonchev–Trinajstić information content (AvgIpc) is 2.54. The molecule has 0 aliphatic carbocycles. The van der Waals surface area contributed by atoms with Gasteiger partial charge in [-0.05, 0) is 18.2 Å². The van der Waals surface area contributed by atoms with Gasteiger partial charge in [0.15, 0.2) is 0 Å². The SMILES string of the molecule is CN(C)c1ccc(/C=N\NC(=O)c2ccccc2F)cc1[N+](=O)[O-]. The molecule has 124 valence electrons. The minimum Gasteiger partial charge on any atom is -0.372 e. The third kappa shape index (κ3) is 3.92. The fourth-order valence-electron chi connectivity index (χ4n) is 2.02. The van der Waals surface area contributed by atoms with Crippen molar-refractivity contribution in [3.63, 3.8) is 0 Å². The zero-order valence-corrected chi connectivity index (χ0v) is 13.1. The first-order valence-corrected chi connectivity index (χ1v) is 6.94. The second-order valence-corrected chi connectivity index (χ2v) is 5.08. The maximum atomic E-state index is 13.5. The number of rotatable bonds is 5. The predicted octanol–water partition coefficient (Wildman–Crippen LogP) is 2.56. The van der Waals surface area contributed by atoms with Crippen molar-refractivity contribution in [2.75, 3.05) is 19.0 Å². The Bertz CT molecular complexity index is 806. The number of halogens is 1. The normalized spacial score (nSPS) is 10.6. The summed E-state index contributed by atoms with van der Waals surface area (Å²) in [4.78, 5) is 24.0. The van der Waals surface area contributed by atoms with Crippen LogP contribution in [0.25, 0.3) is 0 Å². The summed E-state index contributed by atoms with van der Waals surface area (Å²) in [6.45, 7) is 0. The maximum Gasteiger partial charge on any atom is 0.293 e. The number of nitro groups is 1. The van der Waals surface area contributed by atoms with Crippen LogP contribution in [0.15, 0.2) is 47.6 Å². The Labute approximate surface area is 137 Å². The standard InChI is InChI=1S/C16H15FN4O3/c1-20(2)14-8-7-11(9-15(14)21(23)24)10-18-19-16(22)12-5-3-4-6-13(12)17/h3-10H,1-2H3,(H,19,22)/b18-10-. The highest BCUT2D eigenvalue weighted by Gasteiger charge is 2.15. The Morgan fingerprint density at radius 3 is 2.62 bits per heavy atom. The molecule has 0 atom stereocenters. The molecule has 0 saturated carbocycles. The molecular formula is C16H15FN4O3. The smallest absolute Gasteiger partial charge is 0.293 e. The van der Waals surface area contributed by atoms with E-state index >= 15 is 0 Å². The predicted molar refractivity (Wildman–Crippen MR) is 88.9 cm³/mol. The third-order valence-electron chi connectivity index (χ3n) is 3.18. The number of hydrogen-bond acceptors (Lipinski definition) is 5. The van der Waals surface area contributed by atoms with Crippen molar-refractivity contribution in [3.8, 4) is 0 Å². The lowest BCUT2D eigenvalue weighted by atomic mass is 10.2. The number of benzene rings is 2. The largest absolute Gasteiger partial charge is 0.372 e. The van der Waals surface area contributed by atoms with E-state index in [0.29, 0.717) is 11.3 Å². The highest BCUT2D eigenvalue weighted by molar-refractivity contribution is 5.95. The molecule has 0 fully saturated rings. The second-order valence-electron chi connectivity index (χ2n) is 5.08. The maximum absolute atomic E-state index is 13.5. The first-order valence-electron chi connectivity index (χ1n) is 6.94. The van der Waals surface area contributed by atoms with Crippen LogP contribution in [0.1, 0.15) is 15.9 Å². The van der Waals surface area contributed by atoms with Gasteiger partial charge in [0.2, 0.25) is 0 Å². The van der Waals surface area contributed by atoms with Gasteiger partial charge in [0.1, 0.15) is 11.5 Å². The van der Waals surface area contributed by atoms with E-state index in [1.807, 2.05) is 0 Å². The zero-order chi connectivity index (χ0) is 17.7. The molecule has 0 bridgehead atoms. The van der Waals surface area contributed by atoms with Crippen LogP contribution in [0.2, 0.25) is 0 Å². The highest BCUT2D eigenvalue weighted by atomic mass is 19.1. The number of nitrogens with zero attached hydrogens (tertiary/aromatic N) is 3. The molecule has 0 aliphatic rings. The Balaban J connectivity index is 2.15. The molecule has 2 rings (SSSR count). The Kier molecular flexibility index (Phi) is 5.20. The van der Waals surface area contributed by atoms with Gasteiger partial charge >= 0.3 is 0 Å². The number of hydrazone groups is 1. The molecule has 2 aromatic rings. The Morgan fingerprint density at radius 1 is 1.29 bits per heavy atom.